The second-order valence-corrected chi connectivity index (χ2v) is 9.31. The molecule has 8 rings (SSSR count). The molecule has 5 aromatic carbocycles. The molecule has 0 saturated carbocycles. The lowest BCUT2D eigenvalue weighted by Gasteiger charge is -2.14. The molecule has 0 aliphatic carbocycles. The quantitative estimate of drug-likeness (QED) is 0.258. The summed E-state index contributed by atoms with van der Waals surface area (Å²) in [5.41, 5.74) is 5.84. The number of hydrogen-bond acceptors (Lipinski definition) is 4. The van der Waals surface area contributed by atoms with Crippen LogP contribution in [0.3, 0.4) is 0 Å². The van der Waals surface area contributed by atoms with Crippen LogP contribution in [0.2, 0.25) is 0 Å². The van der Waals surface area contributed by atoms with Gasteiger partial charge >= 0.3 is 5.56 Å². The van der Waals surface area contributed by atoms with Crippen LogP contribution in [-0.4, -0.2) is 23.9 Å². The Labute approximate surface area is 216 Å². The van der Waals surface area contributed by atoms with E-state index in [0.29, 0.717) is 17.1 Å². The highest BCUT2D eigenvalue weighted by Gasteiger charge is 2.20. The summed E-state index contributed by atoms with van der Waals surface area (Å²) >= 11 is 0. The minimum Gasteiger partial charge on any atom is -0.286 e. The zero-order valence-electron chi connectivity index (χ0n) is 20.1. The van der Waals surface area contributed by atoms with Gasteiger partial charge in [0.05, 0.1) is 33.3 Å². The van der Waals surface area contributed by atoms with Gasteiger partial charge in [-0.15, -0.1) is 0 Å². The number of rotatable bonds is 2. The molecule has 3 aromatic heterocycles. The zero-order chi connectivity index (χ0) is 25.2. The predicted octanol–water partition coefficient (Wildman–Crippen LogP) is 6.56. The van der Waals surface area contributed by atoms with Gasteiger partial charge < -0.3 is 0 Å². The van der Waals surface area contributed by atoms with Crippen LogP contribution in [0.5, 0.6) is 0 Å². The minimum absolute atomic E-state index is 0.265. The van der Waals surface area contributed by atoms with Gasteiger partial charge in [0.2, 0.25) is 11.6 Å². The maximum Gasteiger partial charge on any atom is 0.301 e. The first-order valence-corrected chi connectivity index (χ1v) is 12.4. The van der Waals surface area contributed by atoms with Crippen LogP contribution in [0.4, 0.5) is 0 Å². The third-order valence-corrected chi connectivity index (χ3v) is 7.15. The van der Waals surface area contributed by atoms with Gasteiger partial charge in [0.25, 0.3) is 0 Å². The van der Waals surface area contributed by atoms with Gasteiger partial charge in [-0.1, -0.05) is 84.9 Å². The molecule has 8 aromatic rings. The van der Waals surface area contributed by atoms with Crippen LogP contribution in [-0.2, 0) is 0 Å². The number of benzene rings is 5. The van der Waals surface area contributed by atoms with Gasteiger partial charge in [-0.2, -0.15) is 0 Å². The minimum atomic E-state index is -0.265. The summed E-state index contributed by atoms with van der Waals surface area (Å²) in [4.78, 5) is 29.0. The second-order valence-electron chi connectivity index (χ2n) is 9.31. The average molecular weight is 490 g/mol. The van der Waals surface area contributed by atoms with E-state index >= 15 is 0 Å². The molecule has 0 N–H and O–H groups in total. The normalized spacial score (nSPS) is 11.8. The van der Waals surface area contributed by atoms with Crippen LogP contribution in [0, 0.1) is 0 Å². The van der Waals surface area contributed by atoms with Crippen molar-refractivity contribution in [2.75, 3.05) is 0 Å². The van der Waals surface area contributed by atoms with Crippen molar-refractivity contribution in [3.05, 3.63) is 126 Å². The molecule has 0 spiro atoms. The second kappa shape index (κ2) is 7.82. The van der Waals surface area contributed by atoms with Gasteiger partial charge in [0.1, 0.15) is 0 Å². The van der Waals surface area contributed by atoms with Gasteiger partial charge in [0.15, 0.2) is 0 Å². The third kappa shape index (κ3) is 2.88. The maximum atomic E-state index is 14.2. The fourth-order valence-corrected chi connectivity index (χ4v) is 5.43. The van der Waals surface area contributed by atoms with Crippen molar-refractivity contribution in [3.8, 4) is 17.2 Å². The number of nitrogens with zero attached hydrogens (tertiary/aromatic N) is 5. The highest BCUT2D eigenvalue weighted by atomic mass is 16.1. The molecule has 6 nitrogen and oxygen atoms in total. The van der Waals surface area contributed by atoms with E-state index in [1.165, 1.54) is 0 Å². The molecule has 6 heteroatoms. The summed E-state index contributed by atoms with van der Waals surface area (Å²) in [5.74, 6) is 0.323. The van der Waals surface area contributed by atoms with Crippen molar-refractivity contribution in [2.45, 2.75) is 0 Å². The largest absolute Gasteiger partial charge is 0.301 e. The molecule has 0 amide bonds. The Bertz CT molecular complexity index is 2260. The molecule has 0 atom stereocenters. The molecular weight excluding hydrogens is 470 g/mol. The van der Waals surface area contributed by atoms with Crippen LogP contribution in [0.25, 0.3) is 66.6 Å². The van der Waals surface area contributed by atoms with Gasteiger partial charge in [-0.3, -0.25) is 9.20 Å². The van der Waals surface area contributed by atoms with Crippen molar-refractivity contribution in [3.63, 3.8) is 0 Å². The van der Waals surface area contributed by atoms with Crippen molar-refractivity contribution < 1.29 is 0 Å². The van der Waals surface area contributed by atoms with E-state index in [2.05, 4.69) is 24.3 Å². The van der Waals surface area contributed by atoms with Crippen LogP contribution < -0.4 is 5.56 Å². The Kier molecular flexibility index (Phi) is 4.28. The Morgan fingerprint density at radius 3 is 2.13 bits per heavy atom. The molecule has 0 bridgehead atoms. The van der Waals surface area contributed by atoms with E-state index in [4.69, 9.17) is 15.0 Å². The van der Waals surface area contributed by atoms with E-state index in [1.54, 1.807) is 4.57 Å². The molecule has 0 aliphatic heterocycles. The van der Waals surface area contributed by atoms with E-state index in [-0.39, 0.29) is 5.56 Å². The van der Waals surface area contributed by atoms with Crippen molar-refractivity contribution >= 4 is 49.4 Å². The lowest BCUT2D eigenvalue weighted by molar-refractivity contribution is 0.929. The van der Waals surface area contributed by atoms with E-state index in [1.807, 2.05) is 95.4 Å². The van der Waals surface area contributed by atoms with Crippen molar-refractivity contribution in [1.29, 1.82) is 0 Å². The SMILES string of the molecule is O=c1c2nc3ccccc3n2c2ccccc2n1-c1nc(-c2ccccc2)c2ccc3ccccc3c2n1. The first kappa shape index (κ1) is 20.8. The molecule has 0 aliphatic rings. The Hall–Kier alpha value is -5.36. The topological polar surface area (TPSA) is 65.1 Å². The third-order valence-electron chi connectivity index (χ3n) is 7.15. The number of aromatic nitrogens is 5. The zero-order valence-corrected chi connectivity index (χ0v) is 20.1. The number of imidazole rings is 1. The molecule has 0 radical (unpaired) electrons. The molecule has 0 saturated heterocycles. The van der Waals surface area contributed by atoms with Gasteiger partial charge in [-0.05, 0) is 35.7 Å². The Balaban J connectivity index is 1.57. The van der Waals surface area contributed by atoms with Crippen molar-refractivity contribution in [1.82, 2.24) is 23.9 Å². The number of para-hydroxylation sites is 4. The van der Waals surface area contributed by atoms with E-state index in [9.17, 15) is 4.79 Å². The molecular formula is C32H19N5O. The lowest BCUT2D eigenvalue weighted by Crippen LogP contribution is -2.24. The van der Waals surface area contributed by atoms with Crippen LogP contribution >= 0.6 is 0 Å². The monoisotopic (exact) mass is 489 g/mol. The highest BCUT2D eigenvalue weighted by Crippen LogP contribution is 2.32. The number of fused-ring (bicyclic) bond motifs is 8. The molecule has 0 unspecified atom stereocenters. The van der Waals surface area contributed by atoms with Crippen LogP contribution in [0.1, 0.15) is 0 Å². The van der Waals surface area contributed by atoms with Crippen LogP contribution in [0.15, 0.2) is 120 Å². The van der Waals surface area contributed by atoms with Gasteiger partial charge in [-0.25, -0.2) is 19.5 Å². The fourth-order valence-electron chi connectivity index (χ4n) is 5.43. The maximum absolute atomic E-state index is 14.2. The summed E-state index contributed by atoms with van der Waals surface area (Å²) in [6.07, 6.45) is 0. The standard InChI is InChI=1S/C32H19N5O/c38-31-30-33-24-14-6-7-15-25(24)36(30)26-16-8-9-17-27(26)37(31)32-34-28(21-11-2-1-3-12-21)23-19-18-20-10-4-5-13-22(20)29(23)35-32/h1-19H. The molecule has 178 valence electrons. The average Bonchev–Trinajstić information content (AvgIpc) is 3.38. The summed E-state index contributed by atoms with van der Waals surface area (Å²) < 4.78 is 3.53. The molecule has 38 heavy (non-hydrogen) atoms. The molecule has 3 heterocycles. The first-order valence-electron chi connectivity index (χ1n) is 12.4. The summed E-state index contributed by atoms with van der Waals surface area (Å²) in [6.45, 7) is 0. The first-order chi connectivity index (χ1) is 18.8. The predicted molar refractivity (Wildman–Crippen MR) is 152 cm³/mol. The fraction of sp³-hybridized carbons (Fsp3) is 0. The highest BCUT2D eigenvalue weighted by molar-refractivity contribution is 6.09. The summed E-state index contributed by atoms with van der Waals surface area (Å²) in [7, 11) is 0. The summed E-state index contributed by atoms with van der Waals surface area (Å²) in [6, 6.07) is 38.0. The Morgan fingerprint density at radius 1 is 0.553 bits per heavy atom. The van der Waals surface area contributed by atoms with Gasteiger partial charge in [0, 0.05) is 16.3 Å². The Morgan fingerprint density at radius 2 is 1.26 bits per heavy atom. The summed E-state index contributed by atoms with van der Waals surface area (Å²) in [5, 5.41) is 3.02. The van der Waals surface area contributed by atoms with Crippen molar-refractivity contribution in [2.24, 2.45) is 0 Å². The lowest BCUT2D eigenvalue weighted by atomic mass is 10.0. The van der Waals surface area contributed by atoms with E-state index < -0.39 is 0 Å². The molecule has 0 fully saturated rings. The van der Waals surface area contributed by atoms with E-state index in [0.717, 1.165) is 49.5 Å². The smallest absolute Gasteiger partial charge is 0.286 e. The number of hydrogen-bond donors (Lipinski definition) is 0.